The van der Waals surface area contributed by atoms with Crippen molar-refractivity contribution in [1.29, 1.82) is 0 Å². The third-order valence-electron chi connectivity index (χ3n) is 8.47. The molecule has 0 saturated carbocycles. The molecule has 9 heteroatoms. The van der Waals surface area contributed by atoms with E-state index in [0.29, 0.717) is 37.5 Å². The first-order valence-corrected chi connectivity index (χ1v) is 16.3. The van der Waals surface area contributed by atoms with Gasteiger partial charge in [0, 0.05) is 42.2 Å². The highest BCUT2D eigenvalue weighted by molar-refractivity contribution is 5.96. The number of Topliss-reactive ketones (excluding diaryl/α,β-unsaturated/α-hetero) is 1. The smallest absolute Gasteiger partial charge is 0.227 e. The van der Waals surface area contributed by atoms with Crippen molar-refractivity contribution in [2.24, 2.45) is 23.3 Å². The number of amides is 1. The maximum absolute atomic E-state index is 13.9. The van der Waals surface area contributed by atoms with Crippen LogP contribution in [0.4, 0.5) is 5.69 Å². The quantitative estimate of drug-likeness (QED) is 0.134. The number of nitrogens with one attached hydrogen (secondary N) is 4. The van der Waals surface area contributed by atoms with Gasteiger partial charge in [0.1, 0.15) is 5.58 Å². The zero-order chi connectivity index (χ0) is 31.5. The van der Waals surface area contributed by atoms with Crippen LogP contribution < -0.4 is 32.7 Å². The van der Waals surface area contributed by atoms with Gasteiger partial charge in [-0.2, -0.15) is 0 Å². The van der Waals surface area contributed by atoms with Gasteiger partial charge in [-0.05, 0) is 67.9 Å². The Labute approximate surface area is 262 Å². The number of piperidine rings is 1. The summed E-state index contributed by atoms with van der Waals surface area (Å²) in [6.07, 6.45) is 6.55. The van der Waals surface area contributed by atoms with Gasteiger partial charge in [-0.3, -0.25) is 14.9 Å². The highest BCUT2D eigenvalue weighted by Crippen LogP contribution is 2.25. The number of unbranched alkanes of at least 4 members (excludes halogenated alkanes) is 1. The van der Waals surface area contributed by atoms with E-state index >= 15 is 0 Å². The fraction of sp³-hybridized carbons (Fsp3) is 0.543. The number of rotatable bonds is 17. The van der Waals surface area contributed by atoms with Crippen LogP contribution in [0.25, 0.3) is 11.0 Å². The Balaban J connectivity index is 1.35. The van der Waals surface area contributed by atoms with E-state index in [9.17, 15) is 9.59 Å². The predicted molar refractivity (Wildman–Crippen MR) is 178 cm³/mol. The van der Waals surface area contributed by atoms with Crippen LogP contribution in [0.3, 0.4) is 0 Å². The average molecular weight is 605 g/mol. The molecule has 6 atom stereocenters. The van der Waals surface area contributed by atoms with Crippen molar-refractivity contribution in [2.45, 2.75) is 96.1 Å². The maximum Gasteiger partial charge on any atom is 0.227 e. The molecule has 0 radical (unpaired) electrons. The van der Waals surface area contributed by atoms with Crippen molar-refractivity contribution < 1.29 is 14.0 Å². The van der Waals surface area contributed by atoms with Crippen LogP contribution >= 0.6 is 0 Å². The molecule has 2 heterocycles. The number of hydrogen-bond donors (Lipinski definition) is 6. The Hall–Kier alpha value is -3.08. The van der Waals surface area contributed by atoms with Gasteiger partial charge in [-0.1, -0.05) is 63.9 Å². The number of carbonyl (C=O) groups is 2. The Morgan fingerprint density at radius 3 is 2.59 bits per heavy atom. The van der Waals surface area contributed by atoms with Crippen LogP contribution in [0.5, 0.6) is 0 Å². The number of furan rings is 1. The molecule has 8 N–H and O–H groups in total. The summed E-state index contributed by atoms with van der Waals surface area (Å²) in [7, 11) is 0. The van der Waals surface area contributed by atoms with Gasteiger partial charge in [-0.25, -0.2) is 0 Å². The molecule has 1 fully saturated rings. The van der Waals surface area contributed by atoms with Gasteiger partial charge in [0.05, 0.1) is 24.5 Å². The van der Waals surface area contributed by atoms with E-state index < -0.39 is 12.2 Å². The van der Waals surface area contributed by atoms with Gasteiger partial charge < -0.3 is 31.8 Å². The molecule has 1 aliphatic rings. The van der Waals surface area contributed by atoms with E-state index in [1.807, 2.05) is 42.5 Å². The molecular formula is C35H52N6O3. The van der Waals surface area contributed by atoms with Crippen molar-refractivity contribution in [3.05, 3.63) is 66.4 Å². The van der Waals surface area contributed by atoms with Crippen molar-refractivity contribution in [1.82, 2.24) is 16.0 Å². The average Bonchev–Trinajstić information content (AvgIpc) is 3.47. The number of anilines is 1. The largest absolute Gasteiger partial charge is 0.464 e. The van der Waals surface area contributed by atoms with E-state index in [-0.39, 0.29) is 35.7 Å². The fourth-order valence-corrected chi connectivity index (χ4v) is 6.18. The zero-order valence-electron chi connectivity index (χ0n) is 26.6. The summed E-state index contributed by atoms with van der Waals surface area (Å²) in [6, 6.07) is 17.1. The molecular weight excluding hydrogens is 552 g/mol. The molecule has 1 aromatic heterocycles. The Morgan fingerprint density at radius 1 is 1.05 bits per heavy atom. The second kappa shape index (κ2) is 16.8. The molecule has 4 rings (SSSR count). The number of hydrogen-bond acceptors (Lipinski definition) is 8. The van der Waals surface area contributed by atoms with Crippen LogP contribution in [0.2, 0.25) is 0 Å². The standard InChI is InChI=1S/C35H52N6O3/c1-4-5-11-30(39-22-29(16-23(2)3)38-21-27(36)17-24-9-7-6-8-10-24)34(42)31-19-26(20-33(37)41-31)35(43)40-28-12-13-32-25(18-28)14-15-44-32/h6-10,12-15,18,23,26-27,29-31,33,38-39,41H,4-5,11,16-17,19-22,36-37H2,1-3H3,(H,40,43)/t26?,27-,29-,30-,31-,33?/m1/s1. The van der Waals surface area contributed by atoms with Crippen molar-refractivity contribution >= 4 is 28.3 Å². The molecule has 3 aromatic rings. The molecule has 1 aliphatic heterocycles. The number of carbonyl (C=O) groups excluding carboxylic acids is 2. The molecule has 240 valence electrons. The van der Waals surface area contributed by atoms with Crippen molar-refractivity contribution in [3.63, 3.8) is 0 Å². The second-order valence-electron chi connectivity index (χ2n) is 12.8. The van der Waals surface area contributed by atoms with Crippen LogP contribution in [0.15, 0.2) is 65.3 Å². The lowest BCUT2D eigenvalue weighted by Crippen LogP contribution is -2.59. The van der Waals surface area contributed by atoms with Crippen LogP contribution in [-0.4, -0.2) is 55.1 Å². The highest BCUT2D eigenvalue weighted by atomic mass is 16.3. The molecule has 1 amide bonds. The van der Waals surface area contributed by atoms with E-state index in [1.54, 1.807) is 6.26 Å². The molecule has 9 nitrogen and oxygen atoms in total. The summed E-state index contributed by atoms with van der Waals surface area (Å²) in [6.45, 7) is 7.92. The van der Waals surface area contributed by atoms with Crippen LogP contribution in [0.1, 0.15) is 64.9 Å². The molecule has 2 aromatic carbocycles. The summed E-state index contributed by atoms with van der Waals surface area (Å²) in [4.78, 5) is 27.2. The highest BCUT2D eigenvalue weighted by Gasteiger charge is 2.37. The first-order valence-electron chi connectivity index (χ1n) is 16.3. The lowest BCUT2D eigenvalue weighted by Gasteiger charge is -2.35. The summed E-state index contributed by atoms with van der Waals surface area (Å²) in [5, 5.41) is 14.5. The topological polar surface area (TPSA) is 147 Å². The first-order chi connectivity index (χ1) is 21.2. The molecule has 2 unspecified atom stereocenters. The van der Waals surface area contributed by atoms with E-state index in [2.05, 4.69) is 54.2 Å². The molecule has 1 saturated heterocycles. The van der Waals surface area contributed by atoms with E-state index in [0.717, 1.165) is 43.1 Å². The maximum atomic E-state index is 13.9. The van der Waals surface area contributed by atoms with Gasteiger partial charge in [-0.15, -0.1) is 0 Å². The van der Waals surface area contributed by atoms with E-state index in [4.69, 9.17) is 15.9 Å². The minimum absolute atomic E-state index is 0.00203. The van der Waals surface area contributed by atoms with Crippen molar-refractivity contribution in [2.75, 3.05) is 18.4 Å². The number of ketones is 1. The van der Waals surface area contributed by atoms with Gasteiger partial charge in [0.15, 0.2) is 5.78 Å². The monoisotopic (exact) mass is 604 g/mol. The van der Waals surface area contributed by atoms with E-state index in [1.165, 1.54) is 5.56 Å². The predicted octanol–water partition coefficient (Wildman–Crippen LogP) is 4.32. The summed E-state index contributed by atoms with van der Waals surface area (Å²) in [5.74, 6) is 0.0912. The number of benzene rings is 2. The third kappa shape index (κ3) is 10.2. The normalized spacial score (nSPS) is 20.8. The number of fused-ring (bicyclic) bond motifs is 1. The minimum Gasteiger partial charge on any atom is -0.464 e. The fourth-order valence-electron chi connectivity index (χ4n) is 6.18. The molecule has 44 heavy (non-hydrogen) atoms. The van der Waals surface area contributed by atoms with Gasteiger partial charge >= 0.3 is 0 Å². The zero-order valence-corrected chi connectivity index (χ0v) is 26.6. The van der Waals surface area contributed by atoms with Gasteiger partial charge in [0.25, 0.3) is 0 Å². The Bertz CT molecular complexity index is 1310. The molecule has 0 aliphatic carbocycles. The van der Waals surface area contributed by atoms with Crippen LogP contribution in [-0.2, 0) is 16.0 Å². The lowest BCUT2D eigenvalue weighted by atomic mass is 9.85. The Kier molecular flexibility index (Phi) is 12.9. The number of nitrogens with two attached hydrogens (primary N) is 2. The summed E-state index contributed by atoms with van der Waals surface area (Å²) >= 11 is 0. The molecule has 0 spiro atoms. The SMILES string of the molecule is CCCC[C@@H](NC[C@@H](CC(C)C)NC[C@H](N)Cc1ccccc1)C(=O)[C@H]1CC(C(=O)Nc2ccc3occc3c2)CC(N)N1. The summed E-state index contributed by atoms with van der Waals surface area (Å²) in [5.41, 5.74) is 15.5. The Morgan fingerprint density at radius 2 is 1.84 bits per heavy atom. The minimum atomic E-state index is -0.490. The third-order valence-corrected chi connectivity index (χ3v) is 8.47. The van der Waals surface area contributed by atoms with Gasteiger partial charge in [0.2, 0.25) is 5.91 Å². The lowest BCUT2D eigenvalue weighted by molar-refractivity contribution is -0.126. The van der Waals surface area contributed by atoms with Crippen LogP contribution in [0, 0.1) is 11.8 Å². The molecule has 0 bridgehead atoms. The van der Waals surface area contributed by atoms with Crippen molar-refractivity contribution in [3.8, 4) is 0 Å². The first kappa shape index (κ1) is 33.8. The second-order valence-corrected chi connectivity index (χ2v) is 12.8. The summed E-state index contributed by atoms with van der Waals surface area (Å²) < 4.78 is 5.41.